The fourth-order valence-corrected chi connectivity index (χ4v) is 5.95. The number of fused-ring (bicyclic) bond motifs is 5. The molecule has 3 aliphatic rings. The van der Waals surface area contributed by atoms with Crippen LogP contribution >= 0.6 is 0 Å². The maximum absolute atomic E-state index is 13.7. The van der Waals surface area contributed by atoms with Gasteiger partial charge < -0.3 is 4.74 Å². The third kappa shape index (κ3) is 3.19. The summed E-state index contributed by atoms with van der Waals surface area (Å²) in [7, 11) is 1.31. The Bertz CT molecular complexity index is 1330. The standard InChI is InChI=1S/C30H23NO4/c1-35-30(34)20-13-8-14-21(17-20)31-28(32)26-22-15-16-23(27(26)29(31)33)25(22)24(18-9-4-2-5-10-18)19-11-6-3-7-12-19/h2-17,22-23,26-27H,1H3/t22-,23-,26+,27+/m1/s1. The van der Waals surface area contributed by atoms with E-state index in [1.807, 2.05) is 36.4 Å². The summed E-state index contributed by atoms with van der Waals surface area (Å²) < 4.78 is 4.81. The van der Waals surface area contributed by atoms with Gasteiger partial charge in [-0.05, 0) is 40.5 Å². The van der Waals surface area contributed by atoms with Gasteiger partial charge in [-0.1, -0.05) is 78.9 Å². The molecular formula is C30H23NO4. The SMILES string of the molecule is COC(=O)c1cccc(N2C(=O)[C@@H]3[C@@H](C2=O)[C@@H]2C=C[C@@H]3C2=C(c2ccccc2)c2ccccc2)c1. The molecule has 3 aromatic carbocycles. The molecule has 5 heteroatoms. The fourth-order valence-electron chi connectivity index (χ4n) is 5.95. The molecule has 0 spiro atoms. The van der Waals surface area contributed by atoms with Gasteiger partial charge in [-0.25, -0.2) is 9.69 Å². The number of ether oxygens (including phenoxy) is 1. The first-order valence-corrected chi connectivity index (χ1v) is 11.7. The molecule has 172 valence electrons. The first-order valence-electron chi connectivity index (χ1n) is 11.7. The number of rotatable bonds is 4. The number of allylic oxidation sites excluding steroid dienone is 3. The number of imide groups is 1. The predicted octanol–water partition coefficient (Wildman–Crippen LogP) is 4.90. The highest BCUT2D eigenvalue weighted by molar-refractivity contribution is 6.23. The minimum Gasteiger partial charge on any atom is -0.465 e. The van der Waals surface area contributed by atoms with E-state index in [4.69, 9.17) is 4.74 Å². The number of carbonyl (C=O) groups excluding carboxylic acids is 3. The second kappa shape index (κ2) is 8.20. The van der Waals surface area contributed by atoms with Crippen LogP contribution in [0.3, 0.4) is 0 Å². The molecule has 4 atom stereocenters. The van der Waals surface area contributed by atoms with Crippen LogP contribution in [-0.4, -0.2) is 24.9 Å². The minimum atomic E-state index is -0.506. The van der Waals surface area contributed by atoms with E-state index in [1.165, 1.54) is 12.0 Å². The molecule has 2 fully saturated rings. The lowest BCUT2D eigenvalue weighted by Crippen LogP contribution is -2.33. The van der Waals surface area contributed by atoms with Crippen LogP contribution in [0.15, 0.2) is 103 Å². The summed E-state index contributed by atoms with van der Waals surface area (Å²) in [6.07, 6.45) is 4.18. The highest BCUT2D eigenvalue weighted by atomic mass is 16.5. The Morgan fingerprint density at radius 2 is 1.23 bits per heavy atom. The molecule has 1 saturated carbocycles. The van der Waals surface area contributed by atoms with Crippen LogP contribution in [0.5, 0.6) is 0 Å². The molecule has 0 radical (unpaired) electrons. The lowest BCUT2D eigenvalue weighted by atomic mass is 9.85. The van der Waals surface area contributed by atoms with Crippen LogP contribution in [0.2, 0.25) is 0 Å². The second-order valence-corrected chi connectivity index (χ2v) is 9.10. The van der Waals surface area contributed by atoms with Gasteiger partial charge in [-0.3, -0.25) is 9.59 Å². The number of hydrogen-bond acceptors (Lipinski definition) is 4. The lowest BCUT2D eigenvalue weighted by molar-refractivity contribution is -0.122. The number of hydrogen-bond donors (Lipinski definition) is 0. The van der Waals surface area contributed by atoms with Crippen LogP contribution in [0, 0.1) is 23.7 Å². The zero-order valence-electron chi connectivity index (χ0n) is 19.1. The van der Waals surface area contributed by atoms with E-state index in [2.05, 4.69) is 36.4 Å². The van der Waals surface area contributed by atoms with Crippen molar-refractivity contribution in [1.82, 2.24) is 0 Å². The van der Waals surface area contributed by atoms with Crippen LogP contribution in [0.4, 0.5) is 5.69 Å². The molecule has 6 rings (SSSR count). The normalized spacial score (nSPS) is 24.1. The van der Waals surface area contributed by atoms with E-state index < -0.39 is 17.8 Å². The third-order valence-corrected chi connectivity index (χ3v) is 7.35. The minimum absolute atomic E-state index is 0.148. The summed E-state index contributed by atoms with van der Waals surface area (Å²) in [6, 6.07) is 26.8. The number of esters is 1. The Morgan fingerprint density at radius 3 is 1.74 bits per heavy atom. The van der Waals surface area contributed by atoms with E-state index in [9.17, 15) is 14.4 Å². The highest BCUT2D eigenvalue weighted by Crippen LogP contribution is 2.58. The average Bonchev–Trinajstić information content (AvgIpc) is 3.54. The zero-order chi connectivity index (χ0) is 24.1. The molecule has 0 unspecified atom stereocenters. The Hall–Kier alpha value is -4.25. The van der Waals surface area contributed by atoms with E-state index in [1.54, 1.807) is 24.3 Å². The summed E-state index contributed by atoms with van der Waals surface area (Å²) >= 11 is 0. The van der Waals surface area contributed by atoms with Crippen molar-refractivity contribution >= 4 is 29.0 Å². The Kier molecular flexibility index (Phi) is 4.99. The van der Waals surface area contributed by atoms with Gasteiger partial charge in [-0.15, -0.1) is 0 Å². The predicted molar refractivity (Wildman–Crippen MR) is 132 cm³/mol. The molecule has 2 aliphatic carbocycles. The average molecular weight is 462 g/mol. The summed E-state index contributed by atoms with van der Waals surface area (Å²) in [5.74, 6) is -2.12. The Labute approximate surface area is 203 Å². The first kappa shape index (κ1) is 21.3. The van der Waals surface area contributed by atoms with Crippen molar-refractivity contribution in [3.05, 3.63) is 119 Å². The summed E-state index contributed by atoms with van der Waals surface area (Å²) in [5.41, 5.74) is 5.11. The number of anilines is 1. The molecule has 2 bridgehead atoms. The highest BCUT2D eigenvalue weighted by Gasteiger charge is 2.62. The van der Waals surface area contributed by atoms with Crippen LogP contribution in [0.25, 0.3) is 5.57 Å². The van der Waals surface area contributed by atoms with E-state index in [0.717, 1.165) is 22.3 Å². The number of carbonyl (C=O) groups is 3. The van der Waals surface area contributed by atoms with Crippen LogP contribution in [-0.2, 0) is 14.3 Å². The maximum atomic E-state index is 13.7. The maximum Gasteiger partial charge on any atom is 0.337 e. The molecule has 5 nitrogen and oxygen atoms in total. The van der Waals surface area contributed by atoms with Gasteiger partial charge in [0.25, 0.3) is 0 Å². The molecule has 35 heavy (non-hydrogen) atoms. The van der Waals surface area contributed by atoms with Gasteiger partial charge >= 0.3 is 5.97 Å². The summed E-state index contributed by atoms with van der Waals surface area (Å²) in [5, 5.41) is 0. The Morgan fingerprint density at radius 1 is 0.714 bits per heavy atom. The van der Waals surface area contributed by atoms with Crippen molar-refractivity contribution in [3.63, 3.8) is 0 Å². The van der Waals surface area contributed by atoms with Gasteiger partial charge in [0.2, 0.25) is 11.8 Å². The van der Waals surface area contributed by atoms with Gasteiger partial charge in [0.15, 0.2) is 0 Å². The molecule has 1 saturated heterocycles. The molecule has 1 aliphatic heterocycles. The number of amides is 2. The van der Waals surface area contributed by atoms with Gasteiger partial charge in [0.1, 0.15) is 0 Å². The number of nitrogens with zero attached hydrogens (tertiary/aromatic N) is 1. The van der Waals surface area contributed by atoms with Crippen molar-refractivity contribution in [3.8, 4) is 0 Å². The topological polar surface area (TPSA) is 63.7 Å². The molecule has 0 N–H and O–H groups in total. The first-order chi connectivity index (χ1) is 17.1. The zero-order valence-corrected chi connectivity index (χ0v) is 19.1. The quantitative estimate of drug-likeness (QED) is 0.315. The van der Waals surface area contributed by atoms with Crippen LogP contribution < -0.4 is 4.90 Å². The van der Waals surface area contributed by atoms with E-state index in [0.29, 0.717) is 11.3 Å². The number of methoxy groups -OCH3 is 1. The summed E-state index contributed by atoms with van der Waals surface area (Å²) in [6.45, 7) is 0. The molecule has 0 aromatic heterocycles. The third-order valence-electron chi connectivity index (χ3n) is 7.35. The fraction of sp³-hybridized carbons (Fsp3) is 0.167. The molecule has 2 amide bonds. The molecule has 1 heterocycles. The van der Waals surface area contributed by atoms with Crippen molar-refractivity contribution in [2.45, 2.75) is 0 Å². The molecule has 3 aromatic rings. The largest absolute Gasteiger partial charge is 0.465 e. The van der Waals surface area contributed by atoms with Crippen molar-refractivity contribution < 1.29 is 19.1 Å². The van der Waals surface area contributed by atoms with E-state index in [-0.39, 0.29) is 23.7 Å². The van der Waals surface area contributed by atoms with Gasteiger partial charge in [-0.2, -0.15) is 0 Å². The smallest absolute Gasteiger partial charge is 0.337 e. The second-order valence-electron chi connectivity index (χ2n) is 9.10. The summed E-state index contributed by atoms with van der Waals surface area (Å²) in [4.78, 5) is 40.7. The lowest BCUT2D eigenvalue weighted by Gasteiger charge is -2.22. The van der Waals surface area contributed by atoms with E-state index >= 15 is 0 Å². The monoisotopic (exact) mass is 461 g/mol. The van der Waals surface area contributed by atoms with Crippen LogP contribution in [0.1, 0.15) is 21.5 Å². The van der Waals surface area contributed by atoms with Crippen molar-refractivity contribution in [1.29, 1.82) is 0 Å². The van der Waals surface area contributed by atoms with Gasteiger partial charge in [0.05, 0.1) is 30.2 Å². The van der Waals surface area contributed by atoms with Gasteiger partial charge in [0, 0.05) is 11.8 Å². The molecular weight excluding hydrogens is 438 g/mol. The van der Waals surface area contributed by atoms with Crippen molar-refractivity contribution in [2.24, 2.45) is 23.7 Å². The number of benzene rings is 3. The van der Waals surface area contributed by atoms with Crippen molar-refractivity contribution in [2.75, 3.05) is 12.0 Å². The Balaban J connectivity index is 1.45.